The van der Waals surface area contributed by atoms with E-state index in [1.54, 1.807) is 0 Å². The minimum atomic E-state index is -0.718. The van der Waals surface area contributed by atoms with Gasteiger partial charge in [-0.3, -0.25) is 19.7 Å². The summed E-state index contributed by atoms with van der Waals surface area (Å²) in [5.74, 6) is -1.06. The second-order valence-corrected chi connectivity index (χ2v) is 3.68. The topological polar surface area (TPSA) is 97.5 Å². The number of hydrogen-bond acceptors (Lipinski definition) is 5. The number of phenols is 1. The number of ketones is 2. The van der Waals surface area contributed by atoms with E-state index in [9.17, 15) is 24.8 Å². The number of Topliss-reactive ketones (excluding diaryl/α,β-unsaturated/α-hetero) is 1. The van der Waals surface area contributed by atoms with Gasteiger partial charge < -0.3 is 5.11 Å². The van der Waals surface area contributed by atoms with Crippen molar-refractivity contribution in [3.05, 3.63) is 40.0 Å². The third-order valence-corrected chi connectivity index (χ3v) is 2.08. The molecule has 0 atom stereocenters. The van der Waals surface area contributed by atoms with Gasteiger partial charge in [-0.25, -0.2) is 0 Å². The van der Waals surface area contributed by atoms with E-state index < -0.39 is 16.4 Å². The van der Waals surface area contributed by atoms with E-state index in [1.165, 1.54) is 31.2 Å². The summed E-state index contributed by atoms with van der Waals surface area (Å²) in [4.78, 5) is 31.7. The highest BCUT2D eigenvalue weighted by Gasteiger charge is 2.12. The fourth-order valence-corrected chi connectivity index (χ4v) is 1.28. The van der Waals surface area contributed by atoms with Crippen LogP contribution in [0.25, 0.3) is 6.08 Å². The minimum absolute atomic E-state index is 0.198. The Bertz CT molecular complexity index is 533. The number of benzene rings is 1. The molecule has 0 aliphatic carbocycles. The molecule has 1 aromatic carbocycles. The molecule has 0 heterocycles. The summed E-state index contributed by atoms with van der Waals surface area (Å²) in [5.41, 5.74) is -0.0347. The molecular weight excluding hydrogens is 238 g/mol. The summed E-state index contributed by atoms with van der Waals surface area (Å²) in [7, 11) is 0. The lowest BCUT2D eigenvalue weighted by molar-refractivity contribution is -0.385. The smallest absolute Gasteiger partial charge is 0.311 e. The molecule has 0 aliphatic rings. The number of nitro benzene ring substituents is 1. The molecular formula is C12H11NO5. The first-order valence-electron chi connectivity index (χ1n) is 5.08. The maximum atomic E-state index is 11.2. The summed E-state index contributed by atoms with van der Waals surface area (Å²) in [6.45, 7) is 1.30. The quantitative estimate of drug-likeness (QED) is 0.371. The molecule has 94 valence electrons. The number of allylic oxidation sites excluding steroid dienone is 1. The zero-order valence-corrected chi connectivity index (χ0v) is 9.62. The highest BCUT2D eigenvalue weighted by atomic mass is 16.6. The van der Waals surface area contributed by atoms with Crippen LogP contribution >= 0.6 is 0 Å². The Balaban J connectivity index is 2.89. The number of rotatable bonds is 5. The predicted molar refractivity (Wildman–Crippen MR) is 64.1 cm³/mol. The van der Waals surface area contributed by atoms with Gasteiger partial charge in [0.15, 0.2) is 11.5 Å². The van der Waals surface area contributed by atoms with Gasteiger partial charge in [0.05, 0.1) is 11.3 Å². The van der Waals surface area contributed by atoms with E-state index in [0.29, 0.717) is 5.56 Å². The maximum absolute atomic E-state index is 11.2. The molecule has 1 rings (SSSR count). The summed E-state index contributed by atoms with van der Waals surface area (Å²) in [6, 6.07) is 3.75. The molecule has 1 aromatic rings. The van der Waals surface area contributed by atoms with E-state index in [-0.39, 0.29) is 18.0 Å². The van der Waals surface area contributed by atoms with Gasteiger partial charge in [-0.15, -0.1) is 0 Å². The predicted octanol–water partition coefficient (Wildman–Crippen LogP) is 1.86. The lowest BCUT2D eigenvalue weighted by Gasteiger charge is -1.97. The van der Waals surface area contributed by atoms with Crippen molar-refractivity contribution in [1.82, 2.24) is 0 Å². The van der Waals surface area contributed by atoms with E-state index in [4.69, 9.17) is 0 Å². The largest absolute Gasteiger partial charge is 0.502 e. The van der Waals surface area contributed by atoms with Crippen LogP contribution in [0.15, 0.2) is 24.3 Å². The minimum Gasteiger partial charge on any atom is -0.502 e. The maximum Gasteiger partial charge on any atom is 0.311 e. The van der Waals surface area contributed by atoms with Crippen LogP contribution in [0.4, 0.5) is 5.69 Å². The van der Waals surface area contributed by atoms with Crippen LogP contribution in [0.2, 0.25) is 0 Å². The second kappa shape index (κ2) is 5.72. The zero-order valence-electron chi connectivity index (χ0n) is 9.62. The summed E-state index contributed by atoms with van der Waals surface area (Å²) in [6.07, 6.45) is 2.34. The number of carbonyl (C=O) groups excluding carboxylic acids is 2. The summed E-state index contributed by atoms with van der Waals surface area (Å²) >= 11 is 0. The first-order chi connectivity index (χ1) is 8.40. The van der Waals surface area contributed by atoms with Gasteiger partial charge in [0.1, 0.15) is 5.78 Å². The van der Waals surface area contributed by atoms with Crippen LogP contribution in [0, 0.1) is 10.1 Å². The van der Waals surface area contributed by atoms with E-state index >= 15 is 0 Å². The number of aromatic hydroxyl groups is 1. The zero-order chi connectivity index (χ0) is 13.7. The van der Waals surface area contributed by atoms with Crippen molar-refractivity contribution in [3.63, 3.8) is 0 Å². The Morgan fingerprint density at radius 1 is 1.44 bits per heavy atom. The molecule has 0 spiro atoms. The third kappa shape index (κ3) is 3.82. The molecule has 1 N–H and O–H groups in total. The number of hydrogen-bond donors (Lipinski definition) is 1. The van der Waals surface area contributed by atoms with Crippen molar-refractivity contribution in [2.24, 2.45) is 0 Å². The van der Waals surface area contributed by atoms with Crippen LogP contribution in [0.3, 0.4) is 0 Å². The number of nitro groups is 1. The molecule has 0 fully saturated rings. The Hall–Kier alpha value is -2.50. The third-order valence-electron chi connectivity index (χ3n) is 2.08. The van der Waals surface area contributed by atoms with Crippen LogP contribution in [0.1, 0.15) is 18.9 Å². The van der Waals surface area contributed by atoms with Crippen molar-refractivity contribution >= 4 is 23.3 Å². The number of nitrogens with zero attached hydrogens (tertiary/aromatic N) is 1. The normalized spacial score (nSPS) is 10.5. The van der Waals surface area contributed by atoms with Gasteiger partial charge in [-0.05, 0) is 24.6 Å². The van der Waals surface area contributed by atoms with Crippen molar-refractivity contribution in [2.45, 2.75) is 13.3 Å². The average Bonchev–Trinajstić information content (AvgIpc) is 2.26. The van der Waals surface area contributed by atoms with Crippen LogP contribution in [-0.4, -0.2) is 21.6 Å². The summed E-state index contributed by atoms with van der Waals surface area (Å²) in [5, 5.41) is 19.8. The van der Waals surface area contributed by atoms with Crippen molar-refractivity contribution in [3.8, 4) is 5.75 Å². The lowest BCUT2D eigenvalue weighted by atomic mass is 10.1. The standard InChI is InChI=1S/C12H11NO5/c1-8(14)6-10(15)4-2-9-3-5-12(16)11(7-9)13(17)18/h2-5,7,16H,6H2,1H3. The SMILES string of the molecule is CC(=O)CC(=O)C=Cc1ccc(O)c([N+](=O)[O-])c1. The number of carbonyl (C=O) groups is 2. The fourth-order valence-electron chi connectivity index (χ4n) is 1.28. The molecule has 0 aliphatic heterocycles. The van der Waals surface area contributed by atoms with Gasteiger partial charge in [-0.1, -0.05) is 12.1 Å². The molecule has 0 aromatic heterocycles. The molecule has 6 nitrogen and oxygen atoms in total. The molecule has 6 heteroatoms. The average molecular weight is 249 g/mol. The van der Waals surface area contributed by atoms with Gasteiger partial charge in [-0.2, -0.15) is 0 Å². The highest BCUT2D eigenvalue weighted by molar-refractivity contribution is 6.05. The number of phenolic OH excluding ortho intramolecular Hbond substituents is 1. The molecule has 0 saturated heterocycles. The van der Waals surface area contributed by atoms with Crippen molar-refractivity contribution < 1.29 is 19.6 Å². The van der Waals surface area contributed by atoms with Crippen molar-refractivity contribution in [2.75, 3.05) is 0 Å². The van der Waals surface area contributed by atoms with Crippen LogP contribution in [0.5, 0.6) is 5.75 Å². The van der Waals surface area contributed by atoms with Crippen molar-refractivity contribution in [1.29, 1.82) is 0 Å². The molecule has 0 bridgehead atoms. The highest BCUT2D eigenvalue weighted by Crippen LogP contribution is 2.26. The first-order valence-corrected chi connectivity index (χ1v) is 5.08. The Morgan fingerprint density at radius 2 is 2.11 bits per heavy atom. The molecule has 0 radical (unpaired) electrons. The van der Waals surface area contributed by atoms with Crippen LogP contribution < -0.4 is 0 Å². The van der Waals surface area contributed by atoms with E-state index in [2.05, 4.69) is 0 Å². The lowest BCUT2D eigenvalue weighted by Crippen LogP contribution is -2.00. The Labute approximate surface area is 103 Å². The van der Waals surface area contributed by atoms with Gasteiger partial charge in [0.2, 0.25) is 0 Å². The monoisotopic (exact) mass is 249 g/mol. The first kappa shape index (κ1) is 13.6. The molecule has 0 amide bonds. The molecule has 18 heavy (non-hydrogen) atoms. The van der Waals surface area contributed by atoms with Gasteiger partial charge in [0.25, 0.3) is 0 Å². The van der Waals surface area contributed by atoms with Crippen LogP contribution in [-0.2, 0) is 9.59 Å². The van der Waals surface area contributed by atoms with E-state index in [0.717, 1.165) is 6.07 Å². The van der Waals surface area contributed by atoms with Gasteiger partial charge >= 0.3 is 5.69 Å². The van der Waals surface area contributed by atoms with Gasteiger partial charge in [0, 0.05) is 6.07 Å². The molecule has 0 saturated carbocycles. The fraction of sp³-hybridized carbons (Fsp3) is 0.167. The summed E-state index contributed by atoms with van der Waals surface area (Å²) < 4.78 is 0. The Morgan fingerprint density at radius 3 is 2.67 bits per heavy atom. The Kier molecular flexibility index (Phi) is 4.31. The molecule has 0 unspecified atom stereocenters. The second-order valence-electron chi connectivity index (χ2n) is 3.68. The van der Waals surface area contributed by atoms with E-state index in [1.807, 2.05) is 0 Å².